The van der Waals surface area contributed by atoms with Crippen molar-refractivity contribution in [2.24, 2.45) is 28.6 Å². The van der Waals surface area contributed by atoms with Gasteiger partial charge in [-0.1, -0.05) is 51.8 Å². The first-order valence-corrected chi connectivity index (χ1v) is 8.91. The van der Waals surface area contributed by atoms with Crippen molar-refractivity contribution in [2.75, 3.05) is 0 Å². The quantitative estimate of drug-likeness (QED) is 0.700. The Labute approximate surface area is 183 Å². The Morgan fingerprint density at radius 3 is 2.61 bits per heavy atom. The molecule has 0 bridgehead atoms. The fourth-order valence-electron chi connectivity index (χ4n) is 5.59. The minimum Gasteiger partial charge on any atom is -0.550 e. The van der Waals surface area contributed by atoms with Gasteiger partial charge in [-0.2, -0.15) is 0 Å². The number of hydrogen-bond donors (Lipinski definition) is 0. The number of carbonyl (C=O) groups is 1. The summed E-state index contributed by atoms with van der Waals surface area (Å²) in [6.45, 7) is 8.83. The number of carboxylic acids is 1. The summed E-state index contributed by atoms with van der Waals surface area (Å²) in [6, 6.07) is 0. The maximum Gasteiger partial charge on any atom is 1.00 e. The van der Waals surface area contributed by atoms with Crippen LogP contribution in [0.5, 0.6) is 0 Å². The molecule has 0 unspecified atom stereocenters. The smallest absolute Gasteiger partial charge is 0.550 e. The molecule has 1 fully saturated rings. The fraction of sp³-hybridized carbons (Fsp3) is 0.750. The van der Waals surface area contributed by atoms with Crippen LogP contribution < -0.4 is 56.5 Å². The molecule has 0 aromatic carbocycles. The molecule has 0 radical (unpaired) electrons. The van der Waals surface area contributed by atoms with Crippen LogP contribution in [0.2, 0.25) is 0 Å². The molecule has 3 aliphatic rings. The Morgan fingerprint density at radius 2 is 2.00 bits per heavy atom. The van der Waals surface area contributed by atoms with Crippen LogP contribution in [0.4, 0.5) is 0 Å². The Kier molecular flexibility index (Phi) is 6.12. The molecule has 0 spiro atoms. The SMILES string of the molecule is CC(C)C1=CC2=CC[C@@H]3[C@](C)(CCC[C@@]3(C)C(=O)[O-])[C@H]2CC1.[K+]. The maximum absolute atomic E-state index is 11.8. The summed E-state index contributed by atoms with van der Waals surface area (Å²) in [7, 11) is 0. The van der Waals surface area contributed by atoms with Gasteiger partial charge in [0.05, 0.1) is 0 Å². The van der Waals surface area contributed by atoms with Crippen molar-refractivity contribution in [1.82, 2.24) is 0 Å². The molecule has 0 aromatic rings. The van der Waals surface area contributed by atoms with Crippen LogP contribution in [0.15, 0.2) is 23.3 Å². The van der Waals surface area contributed by atoms with Gasteiger partial charge in [0.15, 0.2) is 0 Å². The molecule has 122 valence electrons. The van der Waals surface area contributed by atoms with Gasteiger partial charge in [0.1, 0.15) is 0 Å². The molecule has 3 aliphatic carbocycles. The number of allylic oxidation sites excluding steroid dienone is 4. The summed E-state index contributed by atoms with van der Waals surface area (Å²) >= 11 is 0. The Balaban J connectivity index is 0.00000192. The zero-order chi connectivity index (χ0) is 16.1. The maximum atomic E-state index is 11.8. The summed E-state index contributed by atoms with van der Waals surface area (Å²) in [4.78, 5) is 11.8. The Bertz CT molecular complexity index is 548. The topological polar surface area (TPSA) is 40.1 Å². The average molecular weight is 341 g/mol. The van der Waals surface area contributed by atoms with E-state index in [1.165, 1.54) is 18.4 Å². The van der Waals surface area contributed by atoms with Gasteiger partial charge < -0.3 is 9.90 Å². The second kappa shape index (κ2) is 7.07. The third-order valence-corrected chi connectivity index (χ3v) is 7.05. The summed E-state index contributed by atoms with van der Waals surface area (Å²) < 4.78 is 0. The number of hydrogen-bond acceptors (Lipinski definition) is 2. The van der Waals surface area contributed by atoms with E-state index in [9.17, 15) is 9.90 Å². The molecule has 0 heterocycles. The van der Waals surface area contributed by atoms with E-state index in [2.05, 4.69) is 32.9 Å². The van der Waals surface area contributed by atoms with Crippen molar-refractivity contribution < 1.29 is 61.3 Å². The van der Waals surface area contributed by atoms with Gasteiger partial charge >= 0.3 is 51.4 Å². The summed E-state index contributed by atoms with van der Waals surface area (Å²) in [5.41, 5.74) is 2.51. The number of carbonyl (C=O) groups excluding carboxylic acids is 1. The number of aliphatic carboxylic acids is 1. The third kappa shape index (κ3) is 3.21. The third-order valence-electron chi connectivity index (χ3n) is 7.05. The zero-order valence-corrected chi connectivity index (χ0v) is 18.6. The molecule has 2 nitrogen and oxygen atoms in total. The van der Waals surface area contributed by atoms with Crippen LogP contribution in [0.25, 0.3) is 0 Å². The van der Waals surface area contributed by atoms with Gasteiger partial charge in [-0.05, 0) is 60.8 Å². The normalized spacial score (nSPS) is 39.5. The predicted molar refractivity (Wildman–Crippen MR) is 86.9 cm³/mol. The molecule has 3 heteroatoms. The van der Waals surface area contributed by atoms with Crippen LogP contribution in [-0.4, -0.2) is 5.97 Å². The van der Waals surface area contributed by atoms with E-state index in [-0.39, 0.29) is 62.7 Å². The van der Waals surface area contributed by atoms with E-state index in [1.54, 1.807) is 5.57 Å². The Hall–Kier alpha value is 0.586. The second-order valence-electron chi connectivity index (χ2n) is 8.52. The molecule has 0 N–H and O–H groups in total. The van der Waals surface area contributed by atoms with Crippen molar-refractivity contribution >= 4 is 5.97 Å². The molecule has 0 aromatic heterocycles. The fourth-order valence-corrected chi connectivity index (χ4v) is 5.59. The molecule has 1 saturated carbocycles. The first-order chi connectivity index (χ1) is 10.3. The molecule has 0 aliphatic heterocycles. The van der Waals surface area contributed by atoms with E-state index in [1.807, 2.05) is 6.92 Å². The monoisotopic (exact) mass is 340 g/mol. The van der Waals surface area contributed by atoms with Crippen LogP contribution in [-0.2, 0) is 4.79 Å². The van der Waals surface area contributed by atoms with Crippen LogP contribution in [0.1, 0.15) is 66.2 Å². The summed E-state index contributed by atoms with van der Waals surface area (Å²) in [5.74, 6) is 0.538. The Morgan fingerprint density at radius 1 is 1.30 bits per heavy atom. The van der Waals surface area contributed by atoms with E-state index < -0.39 is 11.4 Å². The zero-order valence-electron chi connectivity index (χ0n) is 15.4. The van der Waals surface area contributed by atoms with Gasteiger partial charge in [0.2, 0.25) is 0 Å². The first kappa shape index (κ1) is 19.9. The largest absolute Gasteiger partial charge is 1.00 e. The van der Waals surface area contributed by atoms with Crippen LogP contribution in [0, 0.1) is 28.6 Å². The number of rotatable bonds is 2. The molecular weight excluding hydrogens is 311 g/mol. The van der Waals surface area contributed by atoms with Crippen molar-refractivity contribution in [1.29, 1.82) is 0 Å². The molecule has 3 rings (SSSR count). The van der Waals surface area contributed by atoms with E-state index in [0.29, 0.717) is 11.8 Å². The number of carboxylic acid groups (broad SMARTS) is 1. The van der Waals surface area contributed by atoms with Crippen molar-refractivity contribution in [3.05, 3.63) is 23.3 Å². The van der Waals surface area contributed by atoms with Crippen molar-refractivity contribution in [2.45, 2.75) is 66.2 Å². The van der Waals surface area contributed by atoms with E-state index >= 15 is 0 Å². The van der Waals surface area contributed by atoms with E-state index in [4.69, 9.17) is 0 Å². The molecule has 0 amide bonds. The minimum absolute atomic E-state index is 0. The molecule has 23 heavy (non-hydrogen) atoms. The van der Waals surface area contributed by atoms with Gasteiger partial charge in [-0.3, -0.25) is 0 Å². The van der Waals surface area contributed by atoms with Crippen LogP contribution >= 0.6 is 0 Å². The molecular formula is C20H29KO2. The minimum atomic E-state index is -0.838. The predicted octanol–water partition coefficient (Wildman–Crippen LogP) is 0.876. The molecule has 4 atom stereocenters. The average Bonchev–Trinajstić information content (AvgIpc) is 2.46. The van der Waals surface area contributed by atoms with Crippen LogP contribution in [0.3, 0.4) is 0 Å². The van der Waals surface area contributed by atoms with Gasteiger partial charge in [0, 0.05) is 11.4 Å². The van der Waals surface area contributed by atoms with Gasteiger partial charge in [-0.15, -0.1) is 0 Å². The van der Waals surface area contributed by atoms with Crippen molar-refractivity contribution in [3.8, 4) is 0 Å². The summed E-state index contributed by atoms with van der Waals surface area (Å²) in [5, 5.41) is 11.8. The first-order valence-electron chi connectivity index (χ1n) is 8.91. The second-order valence-corrected chi connectivity index (χ2v) is 8.52. The summed E-state index contributed by atoms with van der Waals surface area (Å²) in [6.07, 6.45) is 11.0. The molecule has 0 saturated heterocycles. The van der Waals surface area contributed by atoms with Gasteiger partial charge in [-0.25, -0.2) is 0 Å². The number of fused-ring (bicyclic) bond motifs is 3. The standard InChI is InChI=1S/C20H30O2.K/c1-13(2)14-6-8-16-15(12-14)7-9-17-19(16,3)10-5-11-20(17,4)18(21)22;/h7,12-13,16-17H,5-6,8-11H2,1-4H3,(H,21,22);/q;+1/p-1/t16-,17+,19+,20+;/m0./s1. The van der Waals surface area contributed by atoms with Crippen molar-refractivity contribution in [3.63, 3.8) is 0 Å². The van der Waals surface area contributed by atoms with Gasteiger partial charge in [0.25, 0.3) is 0 Å². The van der Waals surface area contributed by atoms with E-state index in [0.717, 1.165) is 25.7 Å².